The van der Waals surface area contributed by atoms with Gasteiger partial charge < -0.3 is 9.84 Å². The largest absolute Gasteiger partial charge is 0.508 e. The van der Waals surface area contributed by atoms with Gasteiger partial charge in [-0.05, 0) is 60.4 Å². The second-order valence-electron chi connectivity index (χ2n) is 7.95. The van der Waals surface area contributed by atoms with Gasteiger partial charge in [-0.15, -0.1) is 0 Å². The van der Waals surface area contributed by atoms with Crippen LogP contribution in [0.3, 0.4) is 0 Å². The van der Waals surface area contributed by atoms with E-state index < -0.39 is 0 Å². The number of aryl methyl sites for hydroxylation is 2. The Morgan fingerprint density at radius 3 is 1.94 bits per heavy atom. The van der Waals surface area contributed by atoms with Crippen molar-refractivity contribution >= 4 is 43.4 Å². The Bertz CT molecular complexity index is 1170. The highest BCUT2D eigenvalue weighted by Crippen LogP contribution is 2.35. The van der Waals surface area contributed by atoms with Crippen LogP contribution in [0.5, 0.6) is 17.2 Å². The molecule has 2 aliphatic carbocycles. The summed E-state index contributed by atoms with van der Waals surface area (Å²) in [4.78, 5) is 22.8. The summed E-state index contributed by atoms with van der Waals surface area (Å²) in [7, 11) is 0. The molecule has 3 aromatic rings. The number of hydrogen-bond donors (Lipinski definition) is 1. The predicted molar refractivity (Wildman–Crippen MR) is 131 cm³/mol. The van der Waals surface area contributed by atoms with Crippen LogP contribution in [0.25, 0.3) is 0 Å². The van der Waals surface area contributed by atoms with Crippen LogP contribution < -0.4 is 4.74 Å². The number of phenolic OH excluding ortho intramolecular Hbond substituents is 1. The van der Waals surface area contributed by atoms with Crippen LogP contribution in [0.1, 0.15) is 35.1 Å². The minimum absolute atomic E-state index is 0.213. The topological polar surface area (TPSA) is 63.6 Å². The summed E-state index contributed by atoms with van der Waals surface area (Å²) in [5.74, 6) is 2.31. The fourth-order valence-electron chi connectivity index (χ4n) is 4.02. The SMILES string of the molecule is O=C1CCc2cc(Br)cc(O)c2C1.O=C1CCc2cc(Br)cc(Oc3ccccc3)c2C1. The number of ether oxygens (including phenoxy) is 1. The van der Waals surface area contributed by atoms with E-state index in [1.165, 1.54) is 5.56 Å². The van der Waals surface area contributed by atoms with Crippen LogP contribution in [0.2, 0.25) is 0 Å². The van der Waals surface area contributed by atoms with Gasteiger partial charge in [-0.1, -0.05) is 50.1 Å². The minimum atomic E-state index is 0.213. The van der Waals surface area contributed by atoms with Gasteiger partial charge >= 0.3 is 0 Å². The smallest absolute Gasteiger partial charge is 0.137 e. The van der Waals surface area contributed by atoms with Crippen LogP contribution in [-0.2, 0) is 35.3 Å². The lowest BCUT2D eigenvalue weighted by atomic mass is 9.90. The number of Topliss-reactive ketones (excluding diaryl/α,β-unsaturated/α-hetero) is 2. The molecule has 0 radical (unpaired) electrons. The molecule has 0 unspecified atom stereocenters. The summed E-state index contributed by atoms with van der Waals surface area (Å²) >= 11 is 6.82. The third kappa shape index (κ3) is 5.48. The van der Waals surface area contributed by atoms with Gasteiger partial charge in [0.15, 0.2) is 0 Å². The van der Waals surface area contributed by atoms with E-state index in [9.17, 15) is 14.7 Å². The van der Waals surface area contributed by atoms with Gasteiger partial charge in [-0.25, -0.2) is 0 Å². The van der Waals surface area contributed by atoms with Crippen molar-refractivity contribution in [1.82, 2.24) is 0 Å². The quantitative estimate of drug-likeness (QED) is 0.390. The molecule has 0 heterocycles. The molecule has 0 spiro atoms. The maximum absolute atomic E-state index is 11.6. The highest BCUT2D eigenvalue weighted by atomic mass is 79.9. The Morgan fingerprint density at radius 2 is 1.28 bits per heavy atom. The van der Waals surface area contributed by atoms with Gasteiger partial charge in [0.1, 0.15) is 28.8 Å². The normalized spacial score (nSPS) is 14.7. The van der Waals surface area contributed by atoms with E-state index in [1.54, 1.807) is 6.07 Å². The number of aromatic hydroxyl groups is 1. The van der Waals surface area contributed by atoms with E-state index in [4.69, 9.17) is 4.74 Å². The summed E-state index contributed by atoms with van der Waals surface area (Å²) in [5, 5.41) is 9.57. The molecule has 0 saturated carbocycles. The van der Waals surface area contributed by atoms with Crippen molar-refractivity contribution in [2.45, 2.75) is 38.5 Å². The van der Waals surface area contributed by atoms with Crippen molar-refractivity contribution in [3.8, 4) is 17.2 Å². The van der Waals surface area contributed by atoms with Gasteiger partial charge in [0.05, 0.1) is 0 Å². The van der Waals surface area contributed by atoms with Gasteiger partial charge in [0.25, 0.3) is 0 Å². The maximum Gasteiger partial charge on any atom is 0.137 e. The van der Waals surface area contributed by atoms with E-state index in [0.717, 1.165) is 50.0 Å². The summed E-state index contributed by atoms with van der Waals surface area (Å²) in [6.07, 6.45) is 3.65. The number of hydrogen-bond acceptors (Lipinski definition) is 4. The molecule has 2 aliphatic rings. The number of benzene rings is 3. The average Bonchev–Trinajstić information content (AvgIpc) is 2.76. The van der Waals surface area contributed by atoms with Crippen LogP contribution in [-0.4, -0.2) is 16.7 Å². The number of halogens is 2. The fourth-order valence-corrected chi connectivity index (χ4v) is 5.00. The van der Waals surface area contributed by atoms with E-state index in [0.29, 0.717) is 25.7 Å². The Labute approximate surface area is 203 Å². The average molecular weight is 558 g/mol. The molecule has 5 rings (SSSR count). The molecule has 6 heteroatoms. The minimum Gasteiger partial charge on any atom is -0.508 e. The van der Waals surface area contributed by atoms with Crippen molar-refractivity contribution < 1.29 is 19.4 Å². The molecule has 1 N–H and O–H groups in total. The predicted octanol–water partition coefficient (Wildman–Crippen LogP) is 6.51. The van der Waals surface area contributed by atoms with Crippen LogP contribution in [0.4, 0.5) is 0 Å². The molecule has 32 heavy (non-hydrogen) atoms. The summed E-state index contributed by atoms with van der Waals surface area (Å²) in [6.45, 7) is 0. The summed E-state index contributed by atoms with van der Waals surface area (Å²) < 4.78 is 7.79. The highest BCUT2D eigenvalue weighted by Gasteiger charge is 2.21. The lowest BCUT2D eigenvalue weighted by Gasteiger charge is -2.19. The molecule has 3 aromatic carbocycles. The molecule has 4 nitrogen and oxygen atoms in total. The Hall–Kier alpha value is -2.44. The van der Waals surface area contributed by atoms with E-state index in [2.05, 4.69) is 37.9 Å². The van der Waals surface area contributed by atoms with Crippen LogP contribution in [0.15, 0.2) is 63.5 Å². The third-order valence-electron chi connectivity index (χ3n) is 5.61. The second-order valence-corrected chi connectivity index (χ2v) is 9.78. The first kappa shape index (κ1) is 22.7. The molecule has 0 aliphatic heterocycles. The van der Waals surface area contributed by atoms with E-state index >= 15 is 0 Å². The molecule has 164 valence electrons. The molecule has 0 saturated heterocycles. The number of fused-ring (bicyclic) bond motifs is 2. The molecule has 0 bridgehead atoms. The number of ketones is 2. The zero-order chi connectivity index (χ0) is 22.7. The lowest BCUT2D eigenvalue weighted by molar-refractivity contribution is -0.119. The molecule has 0 atom stereocenters. The fraction of sp³-hybridized carbons (Fsp3) is 0.231. The maximum atomic E-state index is 11.6. The van der Waals surface area contributed by atoms with Crippen molar-refractivity contribution in [1.29, 1.82) is 0 Å². The highest BCUT2D eigenvalue weighted by molar-refractivity contribution is 9.10. The van der Waals surface area contributed by atoms with Crippen molar-refractivity contribution in [3.63, 3.8) is 0 Å². The zero-order valence-corrected chi connectivity index (χ0v) is 20.5. The summed E-state index contributed by atoms with van der Waals surface area (Å²) in [6, 6.07) is 17.3. The second kappa shape index (κ2) is 10.0. The molecule has 0 aromatic heterocycles. The van der Waals surface area contributed by atoms with Gasteiger partial charge in [0.2, 0.25) is 0 Å². The Morgan fingerprint density at radius 1 is 0.719 bits per heavy atom. The first-order valence-electron chi connectivity index (χ1n) is 10.5. The van der Waals surface area contributed by atoms with E-state index in [1.807, 2.05) is 42.5 Å². The number of phenols is 1. The van der Waals surface area contributed by atoms with Crippen molar-refractivity contribution in [2.75, 3.05) is 0 Å². The third-order valence-corrected chi connectivity index (χ3v) is 6.53. The van der Waals surface area contributed by atoms with Crippen LogP contribution >= 0.6 is 31.9 Å². The molecular weight excluding hydrogens is 536 g/mol. The van der Waals surface area contributed by atoms with Crippen molar-refractivity contribution in [3.05, 3.63) is 85.8 Å². The first-order chi connectivity index (χ1) is 15.4. The first-order valence-corrected chi connectivity index (χ1v) is 12.1. The molecule has 0 amide bonds. The standard InChI is InChI=1S/C16H13BrO2.C10H9BrO2/c17-12-8-11-6-7-13(18)10-15(11)16(9-12)19-14-4-2-1-3-5-14;11-7-3-6-1-2-8(12)5-9(6)10(13)4-7/h1-5,8-9H,6-7,10H2;3-4,13H,1-2,5H2. The molecule has 0 fully saturated rings. The zero-order valence-electron chi connectivity index (χ0n) is 17.4. The molecular formula is C26H22Br2O4. The number of carbonyl (C=O) groups excluding carboxylic acids is 2. The van der Waals surface area contributed by atoms with Gasteiger partial charge in [0, 0.05) is 45.8 Å². The number of para-hydroxylation sites is 1. The lowest BCUT2D eigenvalue weighted by Crippen LogP contribution is -2.14. The Balaban J connectivity index is 0.000000165. The number of rotatable bonds is 2. The van der Waals surface area contributed by atoms with Crippen LogP contribution in [0, 0.1) is 0 Å². The Kier molecular flexibility index (Phi) is 7.11. The van der Waals surface area contributed by atoms with Gasteiger partial charge in [-0.2, -0.15) is 0 Å². The number of carbonyl (C=O) groups is 2. The summed E-state index contributed by atoms with van der Waals surface area (Å²) in [5.41, 5.74) is 4.13. The monoisotopic (exact) mass is 556 g/mol. The van der Waals surface area contributed by atoms with Crippen molar-refractivity contribution in [2.24, 2.45) is 0 Å². The van der Waals surface area contributed by atoms with E-state index in [-0.39, 0.29) is 17.3 Å². The van der Waals surface area contributed by atoms with Gasteiger partial charge in [-0.3, -0.25) is 9.59 Å².